The molecule has 0 bridgehead atoms. The molecule has 2 aromatic heterocycles. The Kier molecular flexibility index (Phi) is 8.18. The molecule has 2 saturated heterocycles. The minimum absolute atomic E-state index is 0.0495. The van der Waals surface area contributed by atoms with E-state index in [-0.39, 0.29) is 23.7 Å². The summed E-state index contributed by atoms with van der Waals surface area (Å²) >= 11 is 0. The lowest BCUT2D eigenvalue weighted by atomic mass is 9.88. The van der Waals surface area contributed by atoms with Gasteiger partial charge in [-0.25, -0.2) is 19.3 Å². The summed E-state index contributed by atoms with van der Waals surface area (Å²) in [6, 6.07) is 25.5. The zero-order valence-corrected chi connectivity index (χ0v) is 29.1. The van der Waals surface area contributed by atoms with E-state index in [1.165, 1.54) is 0 Å². The third kappa shape index (κ3) is 6.18. The van der Waals surface area contributed by atoms with Crippen molar-refractivity contribution in [2.75, 3.05) is 36.8 Å². The number of hydrogen-bond donors (Lipinski definition) is 3. The number of nitrogen functional groups attached to an aromatic ring is 1. The lowest BCUT2D eigenvalue weighted by Crippen LogP contribution is -2.40. The molecule has 9 rings (SSSR count). The number of carboxylic acid groups (broad SMARTS) is 1. The van der Waals surface area contributed by atoms with E-state index in [1.807, 2.05) is 12.1 Å². The van der Waals surface area contributed by atoms with Gasteiger partial charge in [0.05, 0.1) is 30.1 Å². The Labute approximate surface area is 304 Å². The van der Waals surface area contributed by atoms with Crippen LogP contribution in [0.1, 0.15) is 56.8 Å². The van der Waals surface area contributed by atoms with Crippen LogP contribution in [0, 0.1) is 0 Å². The lowest BCUT2D eigenvalue weighted by Gasteiger charge is -2.33. The highest BCUT2D eigenvalue weighted by molar-refractivity contribution is 6.09. The molecule has 53 heavy (non-hydrogen) atoms. The molecule has 4 N–H and O–H groups in total. The number of anilines is 2. The number of Topliss-reactive ketones (excluding diaryl/α,β-unsaturated/α-hetero) is 1. The van der Waals surface area contributed by atoms with Gasteiger partial charge in [-0.3, -0.25) is 4.79 Å². The second-order valence-corrected chi connectivity index (χ2v) is 14.0. The fraction of sp³-hybridized carbons (Fsp3) is 0.238. The molecule has 2 fully saturated rings. The number of rotatable bonds is 10. The van der Waals surface area contributed by atoms with Crippen molar-refractivity contribution in [1.82, 2.24) is 24.5 Å². The van der Waals surface area contributed by atoms with Crippen molar-refractivity contribution < 1.29 is 19.1 Å². The van der Waals surface area contributed by atoms with Gasteiger partial charge in [0.1, 0.15) is 29.9 Å². The predicted molar refractivity (Wildman–Crippen MR) is 204 cm³/mol. The summed E-state index contributed by atoms with van der Waals surface area (Å²) in [5.74, 6) is -0.207. The maximum atomic E-state index is 13.8. The number of imidazole rings is 1. The molecule has 0 amide bonds. The van der Waals surface area contributed by atoms with Crippen LogP contribution in [0.25, 0.3) is 44.6 Å². The molecule has 11 heteroatoms. The zero-order chi connectivity index (χ0) is 36.1. The lowest BCUT2D eigenvalue weighted by molar-refractivity contribution is 0.0697. The highest BCUT2D eigenvalue weighted by Gasteiger charge is 2.26. The fourth-order valence-electron chi connectivity index (χ4n) is 7.44. The van der Waals surface area contributed by atoms with Gasteiger partial charge in [-0.15, -0.1) is 0 Å². The molecule has 3 aromatic carbocycles. The maximum absolute atomic E-state index is 13.8. The number of nitrogens with two attached hydrogens (primary N) is 1. The molecule has 0 unspecified atom stereocenters. The Balaban J connectivity index is 1.00. The van der Waals surface area contributed by atoms with Crippen LogP contribution < -0.4 is 20.6 Å². The largest absolute Gasteiger partial charge is 0.478 e. The average molecular weight is 705 g/mol. The number of H-pyrrole nitrogens is 1. The number of carbonyl (C=O) groups is 2. The molecule has 264 valence electrons. The second-order valence-electron chi connectivity index (χ2n) is 14.0. The number of benzene rings is 4. The van der Waals surface area contributed by atoms with E-state index in [0.29, 0.717) is 41.0 Å². The summed E-state index contributed by atoms with van der Waals surface area (Å²) in [7, 11) is 0. The van der Waals surface area contributed by atoms with E-state index in [9.17, 15) is 14.7 Å². The molecule has 1 aliphatic carbocycles. The molecule has 0 saturated carbocycles. The molecule has 0 spiro atoms. The Morgan fingerprint density at radius 2 is 1.68 bits per heavy atom. The number of nitrogens with zero attached hydrogens (tertiary/aromatic N) is 5. The van der Waals surface area contributed by atoms with E-state index >= 15 is 0 Å². The van der Waals surface area contributed by atoms with Crippen LogP contribution in [-0.4, -0.2) is 63.0 Å². The van der Waals surface area contributed by atoms with Gasteiger partial charge in [0.15, 0.2) is 11.4 Å². The van der Waals surface area contributed by atoms with Gasteiger partial charge in [0.2, 0.25) is 11.3 Å². The number of carboxylic acids is 1. The van der Waals surface area contributed by atoms with Crippen molar-refractivity contribution in [2.45, 2.75) is 38.5 Å². The number of aromatic nitrogens is 4. The molecule has 11 nitrogen and oxygen atoms in total. The Morgan fingerprint density at radius 1 is 0.868 bits per heavy atom. The number of carbonyl (C=O) groups excluding carboxylic acids is 1. The first kappa shape index (κ1) is 32.5. The quantitative estimate of drug-likeness (QED) is 0.0866. The third-order valence-corrected chi connectivity index (χ3v) is 10.7. The van der Waals surface area contributed by atoms with E-state index < -0.39 is 5.97 Å². The summed E-state index contributed by atoms with van der Waals surface area (Å²) < 4.78 is 8.88. The van der Waals surface area contributed by atoms with Gasteiger partial charge in [-0.05, 0) is 72.7 Å². The van der Waals surface area contributed by atoms with Gasteiger partial charge in [-0.1, -0.05) is 30.3 Å². The van der Waals surface area contributed by atoms with E-state index in [1.54, 1.807) is 24.5 Å². The van der Waals surface area contributed by atoms with Crippen LogP contribution in [0.3, 0.4) is 0 Å². The number of hydrogen-bond acceptors (Lipinski definition) is 8. The second kappa shape index (κ2) is 13.3. The fourth-order valence-corrected chi connectivity index (χ4v) is 7.44. The minimum Gasteiger partial charge on any atom is -0.478 e. The highest BCUT2D eigenvalue weighted by atomic mass is 16.4. The first-order valence-electron chi connectivity index (χ1n) is 18.2. The summed E-state index contributed by atoms with van der Waals surface area (Å²) in [4.78, 5) is 44.6. The van der Waals surface area contributed by atoms with Crippen LogP contribution in [0.5, 0.6) is 0 Å². The summed E-state index contributed by atoms with van der Waals surface area (Å²) in [5, 5.41) is 12.3. The molecule has 0 radical (unpaired) electrons. The summed E-state index contributed by atoms with van der Waals surface area (Å²) in [6.07, 6.45) is 6.18. The van der Waals surface area contributed by atoms with Crippen LogP contribution >= 0.6 is 0 Å². The molecule has 5 aromatic rings. The minimum atomic E-state index is -1.05. The van der Waals surface area contributed by atoms with Crippen LogP contribution in [0.15, 0.2) is 89.6 Å². The topological polar surface area (TPSA) is 154 Å². The first-order chi connectivity index (χ1) is 25.9. The van der Waals surface area contributed by atoms with Crippen LogP contribution in [0.2, 0.25) is 0 Å². The van der Waals surface area contributed by atoms with Gasteiger partial charge in [0.25, 0.3) is 0 Å². The third-order valence-electron chi connectivity index (χ3n) is 10.7. The van der Waals surface area contributed by atoms with Crippen molar-refractivity contribution in [2.24, 2.45) is 0 Å². The standard InChI is InChI=1S/C42H37N7O4/c43-42-46-34(39-40(47-42)45-24-44-39)15-7-25-3-5-26(6-4-25)8-16-35(50)27-9-12-30(41(51)52)33(21-27)38-31-13-10-28(48-17-1-18-48)22-36(31)53-37-23-29(11-14-32(37)38)49-19-2-20-49/h3-6,9-14,21-24H,1-2,7-8,15-20H2,(H3-,43,44,45,46,47,51,52)/p+1. The predicted octanol–water partition coefficient (Wildman–Crippen LogP) is 6.14. The van der Waals surface area contributed by atoms with Crippen molar-refractivity contribution >= 4 is 45.5 Å². The zero-order valence-electron chi connectivity index (χ0n) is 29.1. The molecule has 0 atom stereocenters. The van der Waals surface area contributed by atoms with Gasteiger partial charge in [0, 0.05) is 59.4 Å². The van der Waals surface area contributed by atoms with Crippen molar-refractivity contribution in [3.05, 3.63) is 118 Å². The van der Waals surface area contributed by atoms with Gasteiger partial charge in [-0.2, -0.15) is 4.98 Å². The van der Waals surface area contributed by atoms with Gasteiger partial charge >= 0.3 is 5.97 Å². The van der Waals surface area contributed by atoms with E-state index in [4.69, 9.17) is 10.2 Å². The molecular weight excluding hydrogens is 667 g/mol. The normalized spacial score (nSPS) is 14.1. The van der Waals surface area contributed by atoms with E-state index in [0.717, 1.165) is 95.3 Å². The molecule has 5 heterocycles. The number of aromatic amines is 1. The smallest absolute Gasteiger partial charge is 0.336 e. The number of nitrogens with one attached hydrogen (secondary N) is 1. The average Bonchev–Trinajstić information content (AvgIpc) is 3.59. The number of aryl methyl sites for hydroxylation is 3. The van der Waals surface area contributed by atoms with Crippen molar-refractivity contribution in [3.63, 3.8) is 0 Å². The highest BCUT2D eigenvalue weighted by Crippen LogP contribution is 2.43. The maximum Gasteiger partial charge on any atom is 0.336 e. The number of fused-ring (bicyclic) bond motifs is 3. The molecule has 3 aliphatic heterocycles. The molecular formula is C42H38N7O4+. The Hall–Kier alpha value is -6.36. The summed E-state index contributed by atoms with van der Waals surface area (Å²) in [5.41, 5.74) is 14.7. The number of aromatic carboxylic acids is 1. The SMILES string of the molecule is Nc1nc(CCc2ccc(CCC(=O)c3ccc(C(=O)O)c(-c4c5ccc(=[N+]6CCC6)cc-5oc5cc(N6CCC6)ccc45)c3)cc2)c2[nH]cnc2n1. The Morgan fingerprint density at radius 3 is 2.42 bits per heavy atom. The van der Waals surface area contributed by atoms with Crippen molar-refractivity contribution in [3.8, 4) is 22.5 Å². The van der Waals surface area contributed by atoms with Crippen LogP contribution in [0.4, 0.5) is 11.6 Å². The van der Waals surface area contributed by atoms with Gasteiger partial charge < -0.3 is 25.1 Å². The number of ketones is 1. The Bertz CT molecular complexity index is 2600. The van der Waals surface area contributed by atoms with Crippen molar-refractivity contribution in [1.29, 1.82) is 0 Å². The first-order valence-corrected chi connectivity index (χ1v) is 18.2. The molecule has 4 aliphatic rings. The van der Waals surface area contributed by atoms with Crippen LogP contribution in [-0.2, 0) is 19.3 Å². The monoisotopic (exact) mass is 704 g/mol. The van der Waals surface area contributed by atoms with E-state index in [2.05, 4.69) is 77.9 Å². The summed E-state index contributed by atoms with van der Waals surface area (Å²) in [6.45, 7) is 3.99.